The van der Waals surface area contributed by atoms with Gasteiger partial charge in [-0.05, 0) is 33.1 Å². The third-order valence-corrected chi connectivity index (χ3v) is 3.55. The van der Waals surface area contributed by atoms with Gasteiger partial charge < -0.3 is 9.47 Å². The number of Topliss-reactive ketones (excluding diaryl/α,β-unsaturated/α-hetero) is 1. The van der Waals surface area contributed by atoms with E-state index >= 15 is 0 Å². The SMILES string of the molecule is CCC1OCCC1C(=O)CCC(C)(C)OC. The lowest BCUT2D eigenvalue weighted by atomic mass is 9.89. The predicted molar refractivity (Wildman–Crippen MR) is 63.5 cm³/mol. The monoisotopic (exact) mass is 228 g/mol. The summed E-state index contributed by atoms with van der Waals surface area (Å²) in [5.74, 6) is 0.465. The average molecular weight is 228 g/mol. The van der Waals surface area contributed by atoms with Crippen LogP contribution < -0.4 is 0 Å². The van der Waals surface area contributed by atoms with Crippen molar-refractivity contribution < 1.29 is 14.3 Å². The van der Waals surface area contributed by atoms with Crippen LogP contribution in [0, 0.1) is 5.92 Å². The minimum atomic E-state index is -0.198. The van der Waals surface area contributed by atoms with E-state index in [0.717, 1.165) is 25.9 Å². The molecule has 0 aromatic carbocycles. The highest BCUT2D eigenvalue weighted by Crippen LogP contribution is 2.27. The normalized spacial score (nSPS) is 26.0. The highest BCUT2D eigenvalue weighted by Gasteiger charge is 2.33. The Morgan fingerprint density at radius 1 is 1.50 bits per heavy atom. The Morgan fingerprint density at radius 3 is 2.75 bits per heavy atom. The van der Waals surface area contributed by atoms with E-state index in [0.29, 0.717) is 12.2 Å². The molecule has 1 saturated heterocycles. The van der Waals surface area contributed by atoms with E-state index in [-0.39, 0.29) is 17.6 Å². The fourth-order valence-corrected chi connectivity index (χ4v) is 2.13. The molecule has 94 valence electrons. The molecule has 3 nitrogen and oxygen atoms in total. The van der Waals surface area contributed by atoms with Crippen molar-refractivity contribution in [3.05, 3.63) is 0 Å². The van der Waals surface area contributed by atoms with Gasteiger partial charge >= 0.3 is 0 Å². The minimum Gasteiger partial charge on any atom is -0.379 e. The smallest absolute Gasteiger partial charge is 0.138 e. The Labute approximate surface area is 98.5 Å². The maximum Gasteiger partial charge on any atom is 0.138 e. The summed E-state index contributed by atoms with van der Waals surface area (Å²) < 4.78 is 10.9. The Balaban J connectivity index is 2.40. The fraction of sp³-hybridized carbons (Fsp3) is 0.923. The molecule has 0 saturated carbocycles. The number of hydrogen-bond acceptors (Lipinski definition) is 3. The number of carbonyl (C=O) groups excluding carboxylic acids is 1. The van der Waals surface area contributed by atoms with Gasteiger partial charge in [-0.1, -0.05) is 6.92 Å². The molecule has 1 heterocycles. The second kappa shape index (κ2) is 5.78. The van der Waals surface area contributed by atoms with Crippen LogP contribution in [-0.4, -0.2) is 31.2 Å². The second-order valence-electron chi connectivity index (χ2n) is 5.14. The van der Waals surface area contributed by atoms with E-state index < -0.39 is 0 Å². The summed E-state index contributed by atoms with van der Waals surface area (Å²) in [4.78, 5) is 12.0. The summed E-state index contributed by atoms with van der Waals surface area (Å²) in [6.45, 7) is 6.85. The van der Waals surface area contributed by atoms with Crippen LogP contribution in [0.25, 0.3) is 0 Å². The summed E-state index contributed by atoms with van der Waals surface area (Å²) >= 11 is 0. The predicted octanol–water partition coefficient (Wildman–Crippen LogP) is 2.58. The molecule has 0 spiro atoms. The molecule has 0 aromatic rings. The van der Waals surface area contributed by atoms with Gasteiger partial charge in [-0.2, -0.15) is 0 Å². The van der Waals surface area contributed by atoms with Gasteiger partial charge in [0.15, 0.2) is 0 Å². The summed E-state index contributed by atoms with van der Waals surface area (Å²) in [7, 11) is 1.69. The van der Waals surface area contributed by atoms with Crippen LogP contribution >= 0.6 is 0 Å². The van der Waals surface area contributed by atoms with E-state index in [1.165, 1.54) is 0 Å². The highest BCUT2D eigenvalue weighted by molar-refractivity contribution is 5.81. The summed E-state index contributed by atoms with van der Waals surface area (Å²) in [6, 6.07) is 0. The molecule has 16 heavy (non-hydrogen) atoms. The lowest BCUT2D eigenvalue weighted by Gasteiger charge is -2.23. The van der Waals surface area contributed by atoms with E-state index in [1.54, 1.807) is 7.11 Å². The summed E-state index contributed by atoms with van der Waals surface area (Å²) in [6.07, 6.45) is 3.37. The molecular weight excluding hydrogens is 204 g/mol. The van der Waals surface area contributed by atoms with Gasteiger partial charge in [-0.3, -0.25) is 4.79 Å². The Kier molecular flexibility index (Phi) is 4.93. The van der Waals surface area contributed by atoms with E-state index in [1.807, 2.05) is 13.8 Å². The maximum absolute atomic E-state index is 12.0. The topological polar surface area (TPSA) is 35.5 Å². The van der Waals surface area contributed by atoms with Gasteiger partial charge in [0.1, 0.15) is 5.78 Å². The fourth-order valence-electron chi connectivity index (χ4n) is 2.13. The molecule has 0 aliphatic carbocycles. The van der Waals surface area contributed by atoms with E-state index in [2.05, 4.69) is 6.92 Å². The van der Waals surface area contributed by atoms with Crippen molar-refractivity contribution in [1.82, 2.24) is 0 Å². The van der Waals surface area contributed by atoms with Gasteiger partial charge in [0.2, 0.25) is 0 Å². The zero-order valence-corrected chi connectivity index (χ0v) is 10.9. The van der Waals surface area contributed by atoms with Gasteiger partial charge in [0, 0.05) is 26.1 Å². The van der Waals surface area contributed by atoms with Gasteiger partial charge in [0.05, 0.1) is 11.7 Å². The Hall–Kier alpha value is -0.410. The molecule has 0 radical (unpaired) electrons. The zero-order valence-electron chi connectivity index (χ0n) is 10.9. The van der Waals surface area contributed by atoms with Crippen LogP contribution in [0.1, 0.15) is 46.5 Å². The first kappa shape index (κ1) is 13.7. The molecule has 0 bridgehead atoms. The quantitative estimate of drug-likeness (QED) is 0.701. The number of hydrogen-bond donors (Lipinski definition) is 0. The van der Waals surface area contributed by atoms with Crippen LogP contribution in [0.5, 0.6) is 0 Å². The zero-order chi connectivity index (χ0) is 12.2. The van der Waals surface area contributed by atoms with E-state index in [9.17, 15) is 4.79 Å². The number of rotatable bonds is 6. The molecule has 1 aliphatic rings. The number of ketones is 1. The van der Waals surface area contributed by atoms with Crippen molar-refractivity contribution in [3.63, 3.8) is 0 Å². The van der Waals surface area contributed by atoms with Crippen LogP contribution in [0.15, 0.2) is 0 Å². The van der Waals surface area contributed by atoms with Crippen molar-refractivity contribution >= 4 is 5.78 Å². The largest absolute Gasteiger partial charge is 0.379 e. The lowest BCUT2D eigenvalue weighted by Crippen LogP contribution is -2.28. The van der Waals surface area contributed by atoms with Crippen molar-refractivity contribution in [2.75, 3.05) is 13.7 Å². The van der Waals surface area contributed by atoms with Crippen molar-refractivity contribution in [2.24, 2.45) is 5.92 Å². The van der Waals surface area contributed by atoms with Crippen molar-refractivity contribution in [1.29, 1.82) is 0 Å². The number of methoxy groups -OCH3 is 1. The van der Waals surface area contributed by atoms with Gasteiger partial charge in [-0.15, -0.1) is 0 Å². The average Bonchev–Trinajstić information content (AvgIpc) is 2.74. The molecule has 1 fully saturated rings. The number of carbonyl (C=O) groups is 1. The van der Waals surface area contributed by atoms with Crippen LogP contribution in [0.2, 0.25) is 0 Å². The molecule has 3 heteroatoms. The van der Waals surface area contributed by atoms with Crippen molar-refractivity contribution in [3.8, 4) is 0 Å². The molecule has 1 rings (SSSR count). The molecule has 2 unspecified atom stereocenters. The highest BCUT2D eigenvalue weighted by atomic mass is 16.5. The van der Waals surface area contributed by atoms with Gasteiger partial charge in [-0.25, -0.2) is 0 Å². The standard InChI is InChI=1S/C13H24O3/c1-5-12-10(7-9-16-12)11(14)6-8-13(2,3)15-4/h10,12H,5-9H2,1-4H3. The third-order valence-electron chi connectivity index (χ3n) is 3.55. The summed E-state index contributed by atoms with van der Waals surface area (Å²) in [5.41, 5.74) is -0.198. The molecule has 0 aromatic heterocycles. The summed E-state index contributed by atoms with van der Waals surface area (Å²) in [5, 5.41) is 0. The maximum atomic E-state index is 12.0. The molecular formula is C13H24O3. The first-order chi connectivity index (χ1) is 7.50. The molecule has 0 amide bonds. The van der Waals surface area contributed by atoms with Crippen LogP contribution in [0.3, 0.4) is 0 Å². The Bertz CT molecular complexity index is 235. The lowest BCUT2D eigenvalue weighted by molar-refractivity contribution is -0.125. The Morgan fingerprint density at radius 2 is 2.19 bits per heavy atom. The van der Waals surface area contributed by atoms with Crippen LogP contribution in [0.4, 0.5) is 0 Å². The molecule has 1 aliphatic heterocycles. The minimum absolute atomic E-state index is 0.123. The van der Waals surface area contributed by atoms with Crippen molar-refractivity contribution in [2.45, 2.75) is 58.2 Å². The van der Waals surface area contributed by atoms with E-state index in [4.69, 9.17) is 9.47 Å². The first-order valence-corrected chi connectivity index (χ1v) is 6.19. The second-order valence-corrected chi connectivity index (χ2v) is 5.14. The first-order valence-electron chi connectivity index (χ1n) is 6.19. The number of ether oxygens (including phenoxy) is 2. The molecule has 0 N–H and O–H groups in total. The molecule has 2 atom stereocenters. The third kappa shape index (κ3) is 3.56. The van der Waals surface area contributed by atoms with Crippen LogP contribution in [-0.2, 0) is 14.3 Å². The van der Waals surface area contributed by atoms with Gasteiger partial charge in [0.25, 0.3) is 0 Å².